The smallest absolute Gasteiger partial charge is 0.270 e. The number of nitrogens with one attached hydrogen (secondary N) is 3. The van der Waals surface area contributed by atoms with E-state index in [1.165, 1.54) is 18.2 Å². The summed E-state index contributed by atoms with van der Waals surface area (Å²) in [6.07, 6.45) is 0.668. The Balaban J connectivity index is 1.57. The molecule has 11 heteroatoms. The van der Waals surface area contributed by atoms with E-state index in [-0.39, 0.29) is 21.9 Å². The first kappa shape index (κ1) is 24.8. The molecule has 0 aromatic heterocycles. The lowest BCUT2D eigenvalue weighted by Crippen LogP contribution is -2.48. The summed E-state index contributed by atoms with van der Waals surface area (Å²) >= 11 is 8.41. The second kappa shape index (κ2) is 11.9. The molecular weight excluding hydrogens is 524 g/mol. The zero-order valence-electron chi connectivity index (χ0n) is 17.6. The number of halogens is 1. The first-order valence-corrected chi connectivity index (χ1v) is 11.2. The summed E-state index contributed by atoms with van der Waals surface area (Å²) in [6.45, 7) is 0.369. The fraction of sp³-hybridized carbons (Fsp3) is 0.0870. The van der Waals surface area contributed by atoms with Crippen molar-refractivity contribution in [1.82, 2.24) is 16.2 Å². The topological polar surface area (TPSA) is 123 Å². The Labute approximate surface area is 208 Å². The van der Waals surface area contributed by atoms with Gasteiger partial charge in [-0.3, -0.25) is 35.9 Å². The van der Waals surface area contributed by atoms with Gasteiger partial charge in [-0.05, 0) is 42.0 Å². The summed E-state index contributed by atoms with van der Waals surface area (Å²) in [5, 5.41) is 13.2. The van der Waals surface area contributed by atoms with Crippen LogP contribution >= 0.6 is 28.1 Å². The third-order valence-corrected chi connectivity index (χ3v) is 5.21. The van der Waals surface area contributed by atoms with Gasteiger partial charge < -0.3 is 4.74 Å². The van der Waals surface area contributed by atoms with E-state index in [4.69, 9.17) is 17.0 Å². The van der Waals surface area contributed by atoms with E-state index < -0.39 is 16.7 Å². The molecule has 3 aromatic carbocycles. The highest BCUT2D eigenvalue weighted by Crippen LogP contribution is 2.23. The predicted molar refractivity (Wildman–Crippen MR) is 134 cm³/mol. The van der Waals surface area contributed by atoms with Crippen LogP contribution in [0.5, 0.6) is 5.75 Å². The molecule has 0 aliphatic rings. The first-order valence-electron chi connectivity index (χ1n) is 9.96. The summed E-state index contributed by atoms with van der Waals surface area (Å²) in [7, 11) is 0. The Morgan fingerprint density at radius 1 is 0.971 bits per heavy atom. The molecule has 174 valence electrons. The third kappa shape index (κ3) is 7.09. The molecule has 0 aliphatic carbocycles. The number of carbonyl (C=O) groups excluding carboxylic acids is 2. The van der Waals surface area contributed by atoms with Crippen LogP contribution in [-0.2, 0) is 6.42 Å². The zero-order chi connectivity index (χ0) is 24.5. The van der Waals surface area contributed by atoms with Crippen molar-refractivity contribution in [3.8, 4) is 5.75 Å². The number of nitrogens with zero attached hydrogens (tertiary/aromatic N) is 1. The molecule has 3 aromatic rings. The molecule has 3 rings (SSSR count). The number of carbonyl (C=O) groups is 2. The van der Waals surface area contributed by atoms with Gasteiger partial charge in [0.25, 0.3) is 17.5 Å². The van der Waals surface area contributed by atoms with Gasteiger partial charge in [0.2, 0.25) is 0 Å². The summed E-state index contributed by atoms with van der Waals surface area (Å²) in [5.74, 6) is -0.828. The maximum absolute atomic E-state index is 12.8. The number of hydrazine groups is 1. The number of thiocarbonyl (C=S) groups is 1. The molecule has 0 spiro atoms. The lowest BCUT2D eigenvalue weighted by Gasteiger charge is -2.14. The summed E-state index contributed by atoms with van der Waals surface area (Å²) in [4.78, 5) is 35.2. The van der Waals surface area contributed by atoms with Crippen LogP contribution in [0.25, 0.3) is 0 Å². The lowest BCUT2D eigenvalue weighted by atomic mass is 10.1. The summed E-state index contributed by atoms with van der Waals surface area (Å²) in [5.41, 5.74) is 5.88. The number of benzene rings is 3. The van der Waals surface area contributed by atoms with Crippen molar-refractivity contribution in [1.29, 1.82) is 0 Å². The molecule has 0 heterocycles. The number of ether oxygens (including phenoxy) is 1. The normalized spacial score (nSPS) is 10.1. The van der Waals surface area contributed by atoms with Gasteiger partial charge in [0.15, 0.2) is 5.11 Å². The molecule has 0 radical (unpaired) electrons. The average molecular weight is 543 g/mol. The number of nitro groups is 1. The van der Waals surface area contributed by atoms with Crippen molar-refractivity contribution in [3.05, 3.63) is 104 Å². The Bertz CT molecular complexity index is 1220. The SMILES string of the molecule is O=C(NNC(=S)NC(=O)c1cc(Br)ccc1OCCc1ccccc1)c1cccc([N+](=O)[O-])c1. The van der Waals surface area contributed by atoms with Crippen molar-refractivity contribution in [2.24, 2.45) is 0 Å². The molecule has 0 saturated heterocycles. The van der Waals surface area contributed by atoms with E-state index in [1.54, 1.807) is 18.2 Å². The standard InChI is InChI=1S/C23H19BrN4O5S/c24-17-9-10-20(33-12-11-15-5-2-1-3-6-15)19(14-17)22(30)25-23(34)27-26-21(29)16-7-4-8-18(13-16)28(31)32/h1-10,13-14H,11-12H2,(H,26,29)(H2,25,27,30,34). The third-order valence-electron chi connectivity index (χ3n) is 4.51. The number of nitro benzene ring substituents is 1. The quantitative estimate of drug-likeness (QED) is 0.235. The van der Waals surface area contributed by atoms with Crippen LogP contribution in [0.3, 0.4) is 0 Å². The van der Waals surface area contributed by atoms with Crippen LogP contribution in [-0.4, -0.2) is 28.5 Å². The Kier molecular flexibility index (Phi) is 8.66. The van der Waals surface area contributed by atoms with Gasteiger partial charge in [-0.2, -0.15) is 0 Å². The van der Waals surface area contributed by atoms with E-state index >= 15 is 0 Å². The molecule has 0 fully saturated rings. The highest BCUT2D eigenvalue weighted by Gasteiger charge is 2.16. The number of amides is 2. The molecule has 3 N–H and O–H groups in total. The molecule has 34 heavy (non-hydrogen) atoms. The Hall–Kier alpha value is -3.83. The van der Waals surface area contributed by atoms with Crippen molar-refractivity contribution in [3.63, 3.8) is 0 Å². The monoisotopic (exact) mass is 542 g/mol. The van der Waals surface area contributed by atoms with Crippen LogP contribution in [0, 0.1) is 10.1 Å². The minimum absolute atomic E-state index is 0.0527. The van der Waals surface area contributed by atoms with E-state index in [0.29, 0.717) is 23.2 Å². The number of rotatable bonds is 7. The maximum atomic E-state index is 12.8. The predicted octanol–water partition coefficient (Wildman–Crippen LogP) is 3.93. The van der Waals surface area contributed by atoms with Crippen LogP contribution < -0.4 is 20.9 Å². The highest BCUT2D eigenvalue weighted by molar-refractivity contribution is 9.10. The molecule has 0 aliphatic heterocycles. The lowest BCUT2D eigenvalue weighted by molar-refractivity contribution is -0.384. The second-order valence-corrected chi connectivity index (χ2v) is 8.22. The molecule has 0 unspecified atom stereocenters. The van der Waals surface area contributed by atoms with Gasteiger partial charge in [0, 0.05) is 28.6 Å². The molecule has 0 atom stereocenters. The minimum Gasteiger partial charge on any atom is -0.492 e. The van der Waals surface area contributed by atoms with Crippen LogP contribution in [0.15, 0.2) is 77.3 Å². The van der Waals surface area contributed by atoms with Crippen LogP contribution in [0.2, 0.25) is 0 Å². The van der Waals surface area contributed by atoms with Gasteiger partial charge >= 0.3 is 0 Å². The van der Waals surface area contributed by atoms with Gasteiger partial charge in [-0.1, -0.05) is 52.3 Å². The van der Waals surface area contributed by atoms with Gasteiger partial charge in [-0.25, -0.2) is 0 Å². The van der Waals surface area contributed by atoms with E-state index in [2.05, 4.69) is 32.1 Å². The first-order chi connectivity index (χ1) is 16.3. The summed E-state index contributed by atoms with van der Waals surface area (Å²) in [6, 6.07) is 20.0. The van der Waals surface area contributed by atoms with Crippen LogP contribution in [0.4, 0.5) is 5.69 Å². The van der Waals surface area contributed by atoms with Gasteiger partial charge in [0.05, 0.1) is 17.1 Å². The highest BCUT2D eigenvalue weighted by atomic mass is 79.9. The number of non-ortho nitro benzene ring substituents is 1. The molecule has 0 bridgehead atoms. The Morgan fingerprint density at radius 2 is 1.74 bits per heavy atom. The number of hydrogen-bond donors (Lipinski definition) is 3. The van der Waals surface area contributed by atoms with E-state index in [1.807, 2.05) is 30.3 Å². The minimum atomic E-state index is -0.660. The largest absolute Gasteiger partial charge is 0.492 e. The van der Waals surface area contributed by atoms with Gasteiger partial charge in [-0.15, -0.1) is 0 Å². The van der Waals surface area contributed by atoms with Crippen molar-refractivity contribution in [2.75, 3.05) is 6.61 Å². The molecule has 9 nitrogen and oxygen atoms in total. The Morgan fingerprint density at radius 3 is 2.47 bits per heavy atom. The molecular formula is C23H19BrN4O5S. The van der Waals surface area contributed by atoms with Gasteiger partial charge in [0.1, 0.15) is 5.75 Å². The maximum Gasteiger partial charge on any atom is 0.270 e. The number of hydrogen-bond acceptors (Lipinski definition) is 6. The fourth-order valence-corrected chi connectivity index (χ4v) is 3.38. The van der Waals surface area contributed by atoms with Crippen LogP contribution in [0.1, 0.15) is 26.3 Å². The van der Waals surface area contributed by atoms with E-state index in [0.717, 1.165) is 11.6 Å². The molecule has 2 amide bonds. The van der Waals surface area contributed by atoms with E-state index in [9.17, 15) is 19.7 Å². The van der Waals surface area contributed by atoms with Crippen molar-refractivity contribution < 1.29 is 19.2 Å². The van der Waals surface area contributed by atoms with Crippen molar-refractivity contribution >= 4 is 50.8 Å². The summed E-state index contributed by atoms with van der Waals surface area (Å²) < 4.78 is 6.49. The molecule has 0 saturated carbocycles. The van der Waals surface area contributed by atoms with Crippen molar-refractivity contribution in [2.45, 2.75) is 6.42 Å². The fourth-order valence-electron chi connectivity index (χ4n) is 2.88. The zero-order valence-corrected chi connectivity index (χ0v) is 20.0. The second-order valence-electron chi connectivity index (χ2n) is 6.89. The average Bonchev–Trinajstić information content (AvgIpc) is 2.84.